The summed E-state index contributed by atoms with van der Waals surface area (Å²) in [7, 11) is 0. The summed E-state index contributed by atoms with van der Waals surface area (Å²) in [5.74, 6) is 2.22. The van der Waals surface area contributed by atoms with E-state index >= 15 is 0 Å². The van der Waals surface area contributed by atoms with Crippen LogP contribution in [0.15, 0.2) is 0 Å². The summed E-state index contributed by atoms with van der Waals surface area (Å²) in [6, 6.07) is 0. The fraction of sp³-hybridized carbons (Fsp3) is 0.933. The van der Waals surface area contributed by atoms with E-state index in [9.17, 15) is 4.79 Å². The number of nitrogens with zero attached hydrogens (tertiary/aromatic N) is 1. The van der Waals surface area contributed by atoms with Crippen molar-refractivity contribution in [3.8, 4) is 0 Å². The van der Waals surface area contributed by atoms with Crippen LogP contribution >= 0.6 is 0 Å². The summed E-state index contributed by atoms with van der Waals surface area (Å²) in [6.45, 7) is 5.68. The topological polar surface area (TPSA) is 20.3 Å². The van der Waals surface area contributed by atoms with Gasteiger partial charge in [-0.3, -0.25) is 4.79 Å². The first-order chi connectivity index (χ1) is 8.09. The van der Waals surface area contributed by atoms with Gasteiger partial charge in [0.1, 0.15) is 0 Å². The molecule has 2 saturated carbocycles. The molecule has 17 heavy (non-hydrogen) atoms. The molecule has 0 N–H and O–H groups in total. The molecule has 4 fully saturated rings. The molecule has 4 aliphatic rings. The van der Waals surface area contributed by atoms with Gasteiger partial charge in [-0.1, -0.05) is 19.8 Å². The number of hydrogen-bond donors (Lipinski definition) is 0. The highest BCUT2D eigenvalue weighted by Gasteiger charge is 2.70. The van der Waals surface area contributed by atoms with Crippen LogP contribution in [0.1, 0.15) is 52.4 Å². The molecule has 0 unspecified atom stereocenters. The molecule has 0 spiro atoms. The zero-order valence-corrected chi connectivity index (χ0v) is 11.0. The van der Waals surface area contributed by atoms with E-state index < -0.39 is 0 Å². The van der Waals surface area contributed by atoms with Crippen LogP contribution < -0.4 is 0 Å². The van der Waals surface area contributed by atoms with E-state index in [0.29, 0.717) is 23.2 Å². The maximum absolute atomic E-state index is 12.4. The van der Waals surface area contributed by atoms with Gasteiger partial charge in [-0.2, -0.15) is 0 Å². The summed E-state index contributed by atoms with van der Waals surface area (Å²) in [6.07, 6.45) is 8.25. The van der Waals surface area contributed by atoms with Crippen molar-refractivity contribution in [1.29, 1.82) is 0 Å². The zero-order chi connectivity index (χ0) is 11.8. The van der Waals surface area contributed by atoms with E-state index in [-0.39, 0.29) is 5.54 Å². The second-order valence-electron chi connectivity index (χ2n) is 7.24. The molecule has 2 bridgehead atoms. The van der Waals surface area contributed by atoms with Crippen LogP contribution in [0.2, 0.25) is 0 Å². The third-order valence-corrected chi connectivity index (χ3v) is 6.88. The summed E-state index contributed by atoms with van der Waals surface area (Å²) in [5, 5.41) is 0. The van der Waals surface area contributed by atoms with Gasteiger partial charge in [0, 0.05) is 18.0 Å². The molecule has 2 nitrogen and oxygen atoms in total. The van der Waals surface area contributed by atoms with E-state index in [1.165, 1.54) is 38.5 Å². The highest BCUT2D eigenvalue weighted by atomic mass is 16.2. The summed E-state index contributed by atoms with van der Waals surface area (Å²) in [5.41, 5.74) is 0.758. The zero-order valence-electron chi connectivity index (χ0n) is 11.0. The summed E-state index contributed by atoms with van der Waals surface area (Å²) < 4.78 is 0. The van der Waals surface area contributed by atoms with Crippen LogP contribution in [-0.4, -0.2) is 22.9 Å². The lowest BCUT2D eigenvalue weighted by Gasteiger charge is -2.51. The predicted molar refractivity (Wildman–Crippen MR) is 66.4 cm³/mol. The van der Waals surface area contributed by atoms with Crippen LogP contribution in [0.5, 0.6) is 0 Å². The number of rotatable bonds is 0. The lowest BCUT2D eigenvalue weighted by molar-refractivity contribution is -0.132. The highest BCUT2D eigenvalue weighted by Crippen LogP contribution is 2.67. The molecular weight excluding hydrogens is 210 g/mol. The first-order valence-electron chi connectivity index (χ1n) is 7.41. The second-order valence-corrected chi connectivity index (χ2v) is 7.24. The van der Waals surface area contributed by atoms with Gasteiger partial charge in [0.2, 0.25) is 5.91 Å². The molecule has 0 radical (unpaired) electrons. The maximum atomic E-state index is 12.4. The third-order valence-electron chi connectivity index (χ3n) is 6.88. The number of carbonyl (C=O) groups excluding carboxylic acids is 1. The largest absolute Gasteiger partial charge is 0.336 e. The van der Waals surface area contributed by atoms with E-state index in [1.54, 1.807) is 0 Å². The third kappa shape index (κ3) is 0.946. The number of hydrogen-bond acceptors (Lipinski definition) is 1. The molecule has 0 aromatic rings. The Labute approximate surface area is 104 Å². The van der Waals surface area contributed by atoms with Crippen LogP contribution in [0.25, 0.3) is 0 Å². The fourth-order valence-corrected chi connectivity index (χ4v) is 6.14. The fourth-order valence-electron chi connectivity index (χ4n) is 6.14. The van der Waals surface area contributed by atoms with Crippen molar-refractivity contribution >= 4 is 5.91 Å². The highest BCUT2D eigenvalue weighted by molar-refractivity contribution is 5.83. The average molecular weight is 233 g/mol. The molecule has 2 heteroatoms. The minimum atomic E-state index is 0.231. The van der Waals surface area contributed by atoms with Gasteiger partial charge in [-0.05, 0) is 49.9 Å². The Morgan fingerprint density at radius 1 is 1.24 bits per heavy atom. The SMILES string of the molecule is C[C@@H]1C(=O)N2C[C@@]34CCCC[C@@H]3[C@]2(C)[C@@H]1CC4. The van der Waals surface area contributed by atoms with Crippen LogP contribution in [0.4, 0.5) is 0 Å². The number of carbonyl (C=O) groups is 1. The minimum Gasteiger partial charge on any atom is -0.336 e. The quantitative estimate of drug-likeness (QED) is 0.630. The first-order valence-corrected chi connectivity index (χ1v) is 7.41. The maximum Gasteiger partial charge on any atom is 0.226 e. The Morgan fingerprint density at radius 2 is 2.06 bits per heavy atom. The van der Waals surface area contributed by atoms with Crippen LogP contribution in [-0.2, 0) is 4.79 Å². The summed E-state index contributed by atoms with van der Waals surface area (Å²) >= 11 is 0. The molecule has 2 aliphatic carbocycles. The Bertz CT molecular complexity index is 392. The van der Waals surface area contributed by atoms with Crippen molar-refractivity contribution in [2.75, 3.05) is 6.54 Å². The van der Waals surface area contributed by atoms with Crippen LogP contribution in [0, 0.1) is 23.2 Å². The van der Waals surface area contributed by atoms with Gasteiger partial charge in [0.25, 0.3) is 0 Å². The Balaban J connectivity index is 1.86. The molecule has 0 aromatic heterocycles. The van der Waals surface area contributed by atoms with Gasteiger partial charge in [0.15, 0.2) is 0 Å². The molecule has 5 atom stereocenters. The second kappa shape index (κ2) is 2.89. The minimum absolute atomic E-state index is 0.231. The van der Waals surface area contributed by atoms with Gasteiger partial charge in [-0.25, -0.2) is 0 Å². The molecule has 4 rings (SSSR count). The molecule has 2 heterocycles. The monoisotopic (exact) mass is 233 g/mol. The molecule has 1 amide bonds. The Morgan fingerprint density at radius 3 is 2.88 bits per heavy atom. The van der Waals surface area contributed by atoms with E-state index in [4.69, 9.17) is 0 Å². The molecule has 94 valence electrons. The van der Waals surface area contributed by atoms with Crippen molar-refractivity contribution in [3.63, 3.8) is 0 Å². The lowest BCUT2D eigenvalue weighted by atomic mass is 9.53. The van der Waals surface area contributed by atoms with Crippen molar-refractivity contribution in [2.24, 2.45) is 23.2 Å². The Hall–Kier alpha value is -0.530. The average Bonchev–Trinajstić information content (AvgIpc) is 2.63. The van der Waals surface area contributed by atoms with Crippen molar-refractivity contribution in [2.45, 2.75) is 57.9 Å². The van der Waals surface area contributed by atoms with E-state index in [0.717, 1.165) is 12.5 Å². The Kier molecular flexibility index (Phi) is 1.77. The van der Waals surface area contributed by atoms with Gasteiger partial charge in [-0.15, -0.1) is 0 Å². The molecule has 2 aliphatic heterocycles. The molecule has 0 aromatic carbocycles. The van der Waals surface area contributed by atoms with E-state index in [2.05, 4.69) is 18.7 Å². The van der Waals surface area contributed by atoms with E-state index in [1.807, 2.05) is 0 Å². The van der Waals surface area contributed by atoms with Crippen molar-refractivity contribution in [1.82, 2.24) is 4.90 Å². The predicted octanol–water partition coefficient (Wildman–Crippen LogP) is 2.82. The number of amides is 1. The van der Waals surface area contributed by atoms with Crippen molar-refractivity contribution in [3.05, 3.63) is 0 Å². The van der Waals surface area contributed by atoms with Gasteiger partial charge >= 0.3 is 0 Å². The van der Waals surface area contributed by atoms with Crippen LogP contribution in [0.3, 0.4) is 0 Å². The lowest BCUT2D eigenvalue weighted by Crippen LogP contribution is -2.51. The first kappa shape index (κ1) is 10.4. The smallest absolute Gasteiger partial charge is 0.226 e. The molecular formula is C15H23NO. The molecule has 2 saturated heterocycles. The summed E-state index contributed by atoms with van der Waals surface area (Å²) in [4.78, 5) is 14.8. The van der Waals surface area contributed by atoms with Crippen molar-refractivity contribution < 1.29 is 4.79 Å². The van der Waals surface area contributed by atoms with Gasteiger partial charge < -0.3 is 4.90 Å². The normalized spacial score (nSPS) is 56.2. The van der Waals surface area contributed by atoms with Gasteiger partial charge in [0.05, 0.1) is 0 Å². The standard InChI is InChI=1S/C15H23NO/c1-10-11-6-8-15-7-4-3-5-12(15)14(11,2)16(9-15)13(10)17/h10-12H,3-9H2,1-2H3/t10-,11+,12+,14-,15-/m0/s1.